The number of allylic oxidation sites excluding steroid dienone is 2. The molecule has 0 spiro atoms. The lowest BCUT2D eigenvalue weighted by Crippen LogP contribution is -2.67. The first-order chi connectivity index (χ1) is 17.5. The number of esters is 2. The molecule has 3 aliphatic carbocycles. The van der Waals surface area contributed by atoms with Crippen LogP contribution < -0.4 is 0 Å². The van der Waals surface area contributed by atoms with Crippen LogP contribution in [0.1, 0.15) is 65.0 Å². The lowest BCUT2D eigenvalue weighted by molar-refractivity contribution is -0.198. The molecule has 10 atom stereocenters. The second kappa shape index (κ2) is 7.68. The predicted molar refractivity (Wildman–Crippen MR) is 133 cm³/mol. The summed E-state index contributed by atoms with van der Waals surface area (Å²) >= 11 is 0. The molecule has 7 heteroatoms. The Morgan fingerprint density at radius 2 is 1.92 bits per heavy atom. The second-order valence-corrected chi connectivity index (χ2v) is 12.3. The van der Waals surface area contributed by atoms with Crippen molar-refractivity contribution in [2.75, 3.05) is 7.11 Å². The number of ether oxygens (including phenoxy) is 3. The van der Waals surface area contributed by atoms with Crippen molar-refractivity contribution >= 4 is 17.7 Å². The van der Waals surface area contributed by atoms with Crippen LogP contribution in [0.5, 0.6) is 0 Å². The van der Waals surface area contributed by atoms with Gasteiger partial charge in [-0.1, -0.05) is 39.3 Å². The van der Waals surface area contributed by atoms with Crippen LogP contribution in [0.25, 0.3) is 0 Å². The van der Waals surface area contributed by atoms with Gasteiger partial charge in [-0.15, -0.1) is 0 Å². The molecular formula is C30H36O7. The van der Waals surface area contributed by atoms with Crippen LogP contribution in [0, 0.1) is 34.0 Å². The molecule has 1 unspecified atom stereocenters. The van der Waals surface area contributed by atoms with Gasteiger partial charge in [0.2, 0.25) is 0 Å². The summed E-state index contributed by atoms with van der Waals surface area (Å²) in [5.41, 5.74) is 1.99. The highest BCUT2D eigenvalue weighted by atomic mass is 16.6. The predicted octanol–water partition coefficient (Wildman–Crippen LogP) is 4.55. The van der Waals surface area contributed by atoms with Crippen LogP contribution >= 0.6 is 0 Å². The van der Waals surface area contributed by atoms with Gasteiger partial charge in [0.25, 0.3) is 0 Å². The van der Waals surface area contributed by atoms with Crippen molar-refractivity contribution in [3.63, 3.8) is 0 Å². The Kier molecular flexibility index (Phi) is 5.12. The van der Waals surface area contributed by atoms with Gasteiger partial charge in [-0.25, -0.2) is 0 Å². The summed E-state index contributed by atoms with van der Waals surface area (Å²) in [4.78, 5) is 40.4. The first kappa shape index (κ1) is 24.7. The van der Waals surface area contributed by atoms with E-state index in [1.165, 1.54) is 29.9 Å². The first-order valence-corrected chi connectivity index (χ1v) is 13.4. The van der Waals surface area contributed by atoms with Gasteiger partial charge in [0.1, 0.15) is 12.2 Å². The van der Waals surface area contributed by atoms with E-state index < -0.39 is 46.2 Å². The maximum absolute atomic E-state index is 13.9. The first-order valence-electron chi connectivity index (χ1n) is 13.4. The number of furan rings is 1. The molecule has 0 aromatic carbocycles. The molecule has 1 saturated carbocycles. The zero-order valence-corrected chi connectivity index (χ0v) is 22.6. The molecule has 37 heavy (non-hydrogen) atoms. The van der Waals surface area contributed by atoms with Gasteiger partial charge in [-0.3, -0.25) is 14.4 Å². The van der Waals surface area contributed by atoms with Crippen LogP contribution in [0.15, 0.2) is 40.2 Å². The summed E-state index contributed by atoms with van der Waals surface area (Å²) in [6.07, 6.45) is 7.28. The summed E-state index contributed by atoms with van der Waals surface area (Å²) in [6.45, 7) is 12.0. The minimum Gasteiger partial charge on any atom is -0.472 e. The van der Waals surface area contributed by atoms with E-state index in [0.29, 0.717) is 0 Å². The second-order valence-electron chi connectivity index (χ2n) is 12.3. The molecule has 2 saturated heterocycles. The standard InChI is InChI=1S/C30H36O7/c1-8-16-12-35-13-18(16)17-11-19-21(14(17)2)30(6)23(15(3)26(32)34-7)29(5)20(31)9-10-28(4)24(29)22(25(30)36-19)37-27(28)33/h9-10,12-13,15,17,19,22-25H,8,11H2,1-7H3/t15?,17-,19-,22-,23-,24+,25-,28-,29-,30+/m1/s1. The fourth-order valence-electron chi connectivity index (χ4n) is 9.44. The van der Waals surface area contributed by atoms with E-state index in [4.69, 9.17) is 18.6 Å². The topological polar surface area (TPSA) is 92.0 Å². The number of aryl methyl sites for hydroxylation is 1. The van der Waals surface area contributed by atoms with Crippen molar-refractivity contribution in [3.8, 4) is 0 Å². The molecule has 1 aromatic rings. The highest BCUT2D eigenvalue weighted by Gasteiger charge is 2.78. The maximum Gasteiger partial charge on any atom is 0.316 e. The fraction of sp³-hybridized carbons (Fsp3) is 0.633. The van der Waals surface area contributed by atoms with E-state index in [9.17, 15) is 14.4 Å². The molecule has 0 bridgehead atoms. The summed E-state index contributed by atoms with van der Waals surface area (Å²) < 4.78 is 23.8. The van der Waals surface area contributed by atoms with Gasteiger partial charge in [-0.2, -0.15) is 0 Å². The van der Waals surface area contributed by atoms with Crippen molar-refractivity contribution in [2.45, 2.75) is 78.6 Å². The van der Waals surface area contributed by atoms with Gasteiger partial charge in [0, 0.05) is 28.2 Å². The largest absolute Gasteiger partial charge is 0.472 e. The Bertz CT molecular complexity index is 1270. The number of rotatable bonds is 4. The molecule has 3 fully saturated rings. The lowest BCUT2D eigenvalue weighted by Gasteiger charge is -2.60. The summed E-state index contributed by atoms with van der Waals surface area (Å²) in [7, 11) is 1.39. The third-order valence-electron chi connectivity index (χ3n) is 10.8. The van der Waals surface area contributed by atoms with Crippen molar-refractivity contribution in [1.29, 1.82) is 0 Å². The number of carbonyl (C=O) groups excluding carboxylic acids is 3. The monoisotopic (exact) mass is 508 g/mol. The number of ketones is 1. The van der Waals surface area contributed by atoms with Crippen LogP contribution in [-0.2, 0) is 35.0 Å². The molecular weight excluding hydrogens is 472 g/mol. The Morgan fingerprint density at radius 3 is 2.59 bits per heavy atom. The van der Waals surface area contributed by atoms with Gasteiger partial charge < -0.3 is 18.6 Å². The maximum atomic E-state index is 13.9. The molecule has 1 aromatic heterocycles. The Labute approximate surface area is 217 Å². The Morgan fingerprint density at radius 1 is 1.19 bits per heavy atom. The molecule has 0 radical (unpaired) electrons. The van der Waals surface area contributed by atoms with Crippen LogP contribution in [0.2, 0.25) is 0 Å². The molecule has 7 nitrogen and oxygen atoms in total. The minimum absolute atomic E-state index is 0.0712. The number of fused-ring (bicyclic) bond motifs is 4. The zero-order chi connectivity index (χ0) is 26.7. The quantitative estimate of drug-likeness (QED) is 0.435. The minimum atomic E-state index is -1.02. The summed E-state index contributed by atoms with van der Waals surface area (Å²) in [5, 5.41) is 0. The molecule has 0 N–H and O–H groups in total. The molecule has 2 aliphatic heterocycles. The van der Waals surface area contributed by atoms with Gasteiger partial charge >= 0.3 is 11.9 Å². The Balaban J connectivity index is 1.59. The summed E-state index contributed by atoms with van der Waals surface area (Å²) in [6, 6.07) is 0. The van der Waals surface area contributed by atoms with Crippen molar-refractivity contribution in [3.05, 3.63) is 47.0 Å². The van der Waals surface area contributed by atoms with E-state index in [0.717, 1.165) is 18.4 Å². The van der Waals surface area contributed by atoms with E-state index in [1.807, 2.05) is 33.3 Å². The molecule has 0 amide bonds. The van der Waals surface area contributed by atoms with Crippen molar-refractivity contribution < 1.29 is 33.0 Å². The number of carbonyl (C=O) groups is 3. The van der Waals surface area contributed by atoms with E-state index in [1.54, 1.807) is 6.08 Å². The Hall–Kier alpha value is -2.67. The number of hydrogen-bond acceptors (Lipinski definition) is 7. The third-order valence-corrected chi connectivity index (χ3v) is 10.8. The van der Waals surface area contributed by atoms with E-state index >= 15 is 0 Å². The van der Waals surface area contributed by atoms with Crippen LogP contribution in [0.3, 0.4) is 0 Å². The fourth-order valence-corrected chi connectivity index (χ4v) is 9.44. The van der Waals surface area contributed by atoms with Crippen molar-refractivity contribution in [2.24, 2.45) is 34.0 Å². The zero-order valence-electron chi connectivity index (χ0n) is 22.6. The molecule has 198 valence electrons. The van der Waals surface area contributed by atoms with E-state index in [2.05, 4.69) is 20.8 Å². The van der Waals surface area contributed by atoms with Crippen LogP contribution in [0.4, 0.5) is 0 Å². The highest BCUT2D eigenvalue weighted by Crippen LogP contribution is 2.72. The third kappa shape index (κ3) is 2.74. The van der Waals surface area contributed by atoms with Gasteiger partial charge in [0.15, 0.2) is 5.78 Å². The molecule has 3 heterocycles. The van der Waals surface area contributed by atoms with E-state index in [-0.39, 0.29) is 29.7 Å². The molecule has 5 aliphatic rings. The average molecular weight is 509 g/mol. The summed E-state index contributed by atoms with van der Waals surface area (Å²) in [5.74, 6) is -2.12. The van der Waals surface area contributed by atoms with Gasteiger partial charge in [-0.05, 0) is 49.8 Å². The average Bonchev–Trinajstić information content (AvgIpc) is 3.59. The SMILES string of the molecule is CCc1cocc1[C@@H]1C[C@H]2O[C@@H]3[C@@H]4OC(=O)[C@]5(C)C=CC(=O)[C@](C)([C@@H](C(C)C(=O)OC)[C@]3(C)C2=C1C)[C@@H]45. The number of hydrogen-bond donors (Lipinski definition) is 0. The normalized spacial score (nSPS) is 44.4. The van der Waals surface area contributed by atoms with Gasteiger partial charge in [0.05, 0.1) is 37.1 Å². The van der Waals surface area contributed by atoms with Crippen LogP contribution in [-0.4, -0.2) is 43.1 Å². The number of methoxy groups -OCH3 is 1. The van der Waals surface area contributed by atoms with Crippen molar-refractivity contribution in [1.82, 2.24) is 0 Å². The lowest BCUT2D eigenvalue weighted by atomic mass is 9.40. The highest BCUT2D eigenvalue weighted by molar-refractivity contribution is 6.00. The molecule has 6 rings (SSSR count). The smallest absolute Gasteiger partial charge is 0.316 e.